The SMILES string of the molecule is CN=C(NCc1ccc(-n2cncn2)cc1)NCc1cccs1.I. The molecule has 1 aromatic carbocycles. The topological polar surface area (TPSA) is 67.1 Å². The molecule has 2 heterocycles. The number of hydrogen-bond donors (Lipinski definition) is 2. The fourth-order valence-corrected chi connectivity index (χ4v) is 2.74. The van der Waals surface area contributed by atoms with Crippen LogP contribution >= 0.6 is 35.3 Å². The van der Waals surface area contributed by atoms with Crippen LogP contribution in [-0.2, 0) is 13.1 Å². The number of guanidine groups is 1. The lowest BCUT2D eigenvalue weighted by Crippen LogP contribution is -2.36. The van der Waals surface area contributed by atoms with E-state index < -0.39 is 0 Å². The number of benzene rings is 1. The van der Waals surface area contributed by atoms with Crippen LogP contribution in [0.5, 0.6) is 0 Å². The molecule has 2 N–H and O–H groups in total. The van der Waals surface area contributed by atoms with E-state index in [2.05, 4.69) is 55.4 Å². The van der Waals surface area contributed by atoms with E-state index in [1.165, 1.54) is 16.8 Å². The first-order chi connectivity index (χ1) is 11.3. The van der Waals surface area contributed by atoms with Crippen molar-refractivity contribution in [2.24, 2.45) is 4.99 Å². The van der Waals surface area contributed by atoms with E-state index in [0.717, 1.165) is 18.2 Å². The quantitative estimate of drug-likeness (QED) is 0.354. The van der Waals surface area contributed by atoms with Crippen LogP contribution in [0.15, 0.2) is 59.4 Å². The van der Waals surface area contributed by atoms with E-state index in [0.29, 0.717) is 6.54 Å². The van der Waals surface area contributed by atoms with Crippen LogP contribution in [0.25, 0.3) is 5.69 Å². The van der Waals surface area contributed by atoms with Crippen molar-refractivity contribution in [1.29, 1.82) is 0 Å². The van der Waals surface area contributed by atoms with Crippen LogP contribution in [0.3, 0.4) is 0 Å². The predicted octanol–water partition coefficient (Wildman–Crippen LogP) is 2.81. The molecule has 0 aliphatic heterocycles. The van der Waals surface area contributed by atoms with E-state index in [1.54, 1.807) is 29.4 Å². The third-order valence-corrected chi connectivity index (χ3v) is 4.19. The Hall–Kier alpha value is -1.94. The third kappa shape index (κ3) is 5.03. The lowest BCUT2D eigenvalue weighted by atomic mass is 10.2. The standard InChI is InChI=1S/C16H18N6S.HI/c1-17-16(20-10-15-3-2-8-23-15)19-9-13-4-6-14(7-5-13)22-12-18-11-21-22;/h2-8,11-12H,9-10H2,1H3,(H2,17,19,20);1H. The van der Waals surface area contributed by atoms with E-state index in [1.807, 2.05) is 12.1 Å². The summed E-state index contributed by atoms with van der Waals surface area (Å²) in [6.07, 6.45) is 3.21. The zero-order valence-corrected chi connectivity index (χ0v) is 16.4. The van der Waals surface area contributed by atoms with Gasteiger partial charge in [-0.25, -0.2) is 9.67 Å². The molecule has 0 bridgehead atoms. The predicted molar refractivity (Wildman–Crippen MR) is 108 cm³/mol. The monoisotopic (exact) mass is 454 g/mol. The maximum Gasteiger partial charge on any atom is 0.191 e. The molecule has 24 heavy (non-hydrogen) atoms. The Morgan fingerprint density at radius 1 is 1.17 bits per heavy atom. The van der Waals surface area contributed by atoms with Crippen LogP contribution < -0.4 is 10.6 Å². The van der Waals surface area contributed by atoms with Gasteiger partial charge in [0.1, 0.15) is 12.7 Å². The first kappa shape index (κ1) is 18.4. The highest BCUT2D eigenvalue weighted by Crippen LogP contribution is 2.08. The lowest BCUT2D eigenvalue weighted by Gasteiger charge is -2.11. The molecule has 0 radical (unpaired) electrons. The molecule has 0 saturated heterocycles. The summed E-state index contributed by atoms with van der Waals surface area (Å²) < 4.78 is 1.73. The number of nitrogens with zero attached hydrogens (tertiary/aromatic N) is 4. The van der Waals surface area contributed by atoms with E-state index >= 15 is 0 Å². The van der Waals surface area contributed by atoms with Crippen molar-refractivity contribution in [3.05, 3.63) is 64.9 Å². The molecule has 0 aliphatic carbocycles. The second-order valence-corrected chi connectivity index (χ2v) is 5.90. The van der Waals surface area contributed by atoms with Gasteiger partial charge in [0.15, 0.2) is 5.96 Å². The van der Waals surface area contributed by atoms with Crippen LogP contribution in [0, 0.1) is 0 Å². The van der Waals surface area contributed by atoms with Gasteiger partial charge in [-0.3, -0.25) is 4.99 Å². The van der Waals surface area contributed by atoms with Gasteiger partial charge in [0, 0.05) is 18.5 Å². The minimum Gasteiger partial charge on any atom is -0.352 e. The number of rotatable bonds is 5. The van der Waals surface area contributed by atoms with Crippen LogP contribution in [0.2, 0.25) is 0 Å². The lowest BCUT2D eigenvalue weighted by molar-refractivity contribution is 0.814. The highest BCUT2D eigenvalue weighted by Gasteiger charge is 2.01. The largest absolute Gasteiger partial charge is 0.352 e. The molecular weight excluding hydrogens is 435 g/mol. The normalized spacial score (nSPS) is 11.0. The first-order valence-corrected chi connectivity index (χ1v) is 8.14. The second-order valence-electron chi connectivity index (χ2n) is 4.87. The van der Waals surface area contributed by atoms with Gasteiger partial charge in [0.05, 0.1) is 12.2 Å². The van der Waals surface area contributed by atoms with Crippen molar-refractivity contribution in [3.63, 3.8) is 0 Å². The van der Waals surface area contributed by atoms with Gasteiger partial charge >= 0.3 is 0 Å². The van der Waals surface area contributed by atoms with Crippen molar-refractivity contribution in [1.82, 2.24) is 25.4 Å². The van der Waals surface area contributed by atoms with Gasteiger partial charge in [-0.05, 0) is 29.1 Å². The second kappa shape index (κ2) is 9.38. The minimum absolute atomic E-state index is 0. The molecule has 0 atom stereocenters. The molecule has 0 unspecified atom stereocenters. The van der Waals surface area contributed by atoms with Crippen LogP contribution in [-0.4, -0.2) is 27.8 Å². The molecule has 0 amide bonds. The Morgan fingerprint density at radius 2 is 1.96 bits per heavy atom. The molecule has 6 nitrogen and oxygen atoms in total. The molecule has 0 fully saturated rings. The highest BCUT2D eigenvalue weighted by atomic mass is 127. The van der Waals surface area contributed by atoms with Crippen molar-refractivity contribution in [2.45, 2.75) is 13.1 Å². The molecule has 0 saturated carbocycles. The van der Waals surface area contributed by atoms with Crippen molar-refractivity contribution < 1.29 is 0 Å². The highest BCUT2D eigenvalue weighted by molar-refractivity contribution is 14.0. The summed E-state index contributed by atoms with van der Waals surface area (Å²) >= 11 is 1.73. The Kier molecular flexibility index (Phi) is 7.19. The van der Waals surface area contributed by atoms with Crippen LogP contribution in [0.4, 0.5) is 0 Å². The number of aliphatic imine (C=N–C) groups is 1. The molecule has 2 aromatic heterocycles. The molecular formula is C16H19IN6S. The summed E-state index contributed by atoms with van der Waals surface area (Å²) in [4.78, 5) is 9.47. The smallest absolute Gasteiger partial charge is 0.191 e. The summed E-state index contributed by atoms with van der Waals surface area (Å²) in [6.45, 7) is 1.49. The number of hydrogen-bond acceptors (Lipinski definition) is 4. The van der Waals surface area contributed by atoms with E-state index in [4.69, 9.17) is 0 Å². The number of halogens is 1. The van der Waals surface area contributed by atoms with Crippen LogP contribution in [0.1, 0.15) is 10.4 Å². The molecule has 8 heteroatoms. The fraction of sp³-hybridized carbons (Fsp3) is 0.188. The van der Waals surface area contributed by atoms with Crippen molar-refractivity contribution >= 4 is 41.3 Å². The zero-order chi connectivity index (χ0) is 15.9. The molecule has 0 aliphatic rings. The van der Waals surface area contributed by atoms with Gasteiger partial charge in [-0.2, -0.15) is 5.10 Å². The maximum atomic E-state index is 4.24. The van der Waals surface area contributed by atoms with Gasteiger partial charge in [0.2, 0.25) is 0 Å². The summed E-state index contributed by atoms with van der Waals surface area (Å²) in [5, 5.41) is 12.8. The molecule has 126 valence electrons. The summed E-state index contributed by atoms with van der Waals surface area (Å²) in [5.41, 5.74) is 2.17. The minimum atomic E-state index is 0. The Labute approximate surface area is 162 Å². The first-order valence-electron chi connectivity index (χ1n) is 7.26. The van der Waals surface area contributed by atoms with Gasteiger partial charge < -0.3 is 10.6 Å². The van der Waals surface area contributed by atoms with Gasteiger partial charge in [0.25, 0.3) is 0 Å². The third-order valence-electron chi connectivity index (χ3n) is 3.31. The Morgan fingerprint density at radius 3 is 2.58 bits per heavy atom. The Bertz CT molecular complexity index is 737. The van der Waals surface area contributed by atoms with Gasteiger partial charge in [-0.1, -0.05) is 18.2 Å². The fourth-order valence-electron chi connectivity index (χ4n) is 2.10. The van der Waals surface area contributed by atoms with Crippen molar-refractivity contribution in [2.75, 3.05) is 7.05 Å². The zero-order valence-electron chi connectivity index (χ0n) is 13.2. The number of thiophene rings is 1. The van der Waals surface area contributed by atoms with E-state index in [-0.39, 0.29) is 24.0 Å². The average Bonchev–Trinajstić information content (AvgIpc) is 3.29. The maximum absolute atomic E-state index is 4.24. The van der Waals surface area contributed by atoms with Gasteiger partial charge in [-0.15, -0.1) is 35.3 Å². The summed E-state index contributed by atoms with van der Waals surface area (Å²) in [7, 11) is 1.78. The molecule has 3 aromatic rings. The average molecular weight is 454 g/mol. The van der Waals surface area contributed by atoms with Crippen molar-refractivity contribution in [3.8, 4) is 5.69 Å². The molecule has 0 spiro atoms. The number of nitrogens with one attached hydrogen (secondary N) is 2. The van der Waals surface area contributed by atoms with E-state index in [9.17, 15) is 0 Å². The Balaban J connectivity index is 0.00000208. The number of aromatic nitrogens is 3. The summed E-state index contributed by atoms with van der Waals surface area (Å²) in [5.74, 6) is 0.791. The summed E-state index contributed by atoms with van der Waals surface area (Å²) in [6, 6.07) is 12.3. The molecule has 3 rings (SSSR count).